The summed E-state index contributed by atoms with van der Waals surface area (Å²) in [4.78, 5) is 0.298. The Morgan fingerprint density at radius 3 is 2.57 bits per heavy atom. The van der Waals surface area contributed by atoms with E-state index in [1.54, 1.807) is 18.2 Å². The number of halogens is 1. The van der Waals surface area contributed by atoms with Gasteiger partial charge in [-0.15, -0.1) is 0 Å². The summed E-state index contributed by atoms with van der Waals surface area (Å²) < 4.78 is 28.8. The summed E-state index contributed by atoms with van der Waals surface area (Å²) in [5.74, 6) is 0. The second-order valence-corrected chi connectivity index (χ2v) is 7.51. The van der Waals surface area contributed by atoms with Gasteiger partial charge in [0.1, 0.15) is 0 Å². The fourth-order valence-electron chi connectivity index (χ4n) is 2.03. The molecular formula is C15H17IN2O2S. The molecule has 0 radical (unpaired) electrons. The van der Waals surface area contributed by atoms with Crippen LogP contribution in [0.5, 0.6) is 0 Å². The van der Waals surface area contributed by atoms with Crippen molar-refractivity contribution in [3.8, 4) is 0 Å². The van der Waals surface area contributed by atoms with Crippen molar-refractivity contribution in [1.82, 2.24) is 0 Å². The number of anilines is 1. The zero-order valence-electron chi connectivity index (χ0n) is 11.6. The minimum Gasteiger partial charge on any atom is -0.326 e. The van der Waals surface area contributed by atoms with Gasteiger partial charge in [0.2, 0.25) is 0 Å². The van der Waals surface area contributed by atoms with Crippen molar-refractivity contribution in [1.29, 1.82) is 0 Å². The molecule has 2 rings (SSSR count). The Labute approximate surface area is 138 Å². The van der Waals surface area contributed by atoms with Gasteiger partial charge in [-0.3, -0.25) is 4.72 Å². The molecule has 0 amide bonds. The molecule has 2 aromatic carbocycles. The Hall–Kier alpha value is -1.12. The molecular weight excluding hydrogens is 399 g/mol. The third-order valence-corrected chi connectivity index (χ3v) is 5.25. The maximum absolute atomic E-state index is 12.6. The summed E-state index contributed by atoms with van der Waals surface area (Å²) in [5.41, 5.74) is 7.75. The van der Waals surface area contributed by atoms with Crippen LogP contribution in [0.4, 0.5) is 5.69 Å². The van der Waals surface area contributed by atoms with Crippen LogP contribution in [0, 0.1) is 3.57 Å². The Morgan fingerprint density at radius 1 is 1.19 bits per heavy atom. The van der Waals surface area contributed by atoms with Crippen molar-refractivity contribution >= 4 is 38.3 Å². The number of aryl methyl sites for hydroxylation is 1. The van der Waals surface area contributed by atoms with E-state index in [2.05, 4.69) is 27.3 Å². The van der Waals surface area contributed by atoms with Gasteiger partial charge < -0.3 is 5.73 Å². The molecule has 0 spiro atoms. The Bertz CT molecular complexity index is 745. The molecule has 0 aliphatic carbocycles. The molecule has 21 heavy (non-hydrogen) atoms. The van der Waals surface area contributed by atoms with Gasteiger partial charge in [0.25, 0.3) is 10.0 Å². The monoisotopic (exact) mass is 416 g/mol. The van der Waals surface area contributed by atoms with Crippen molar-refractivity contribution in [2.24, 2.45) is 5.73 Å². The lowest BCUT2D eigenvalue weighted by Gasteiger charge is -2.13. The van der Waals surface area contributed by atoms with E-state index in [1.165, 1.54) is 0 Å². The van der Waals surface area contributed by atoms with Gasteiger partial charge in [0.05, 0.1) is 4.90 Å². The molecule has 0 saturated carbocycles. The molecule has 0 unspecified atom stereocenters. The number of benzene rings is 2. The van der Waals surface area contributed by atoms with Crippen LogP contribution in [0.25, 0.3) is 0 Å². The first-order valence-corrected chi connectivity index (χ1v) is 9.12. The first kappa shape index (κ1) is 16.3. The molecule has 0 aliphatic rings. The van der Waals surface area contributed by atoms with E-state index in [0.717, 1.165) is 14.7 Å². The van der Waals surface area contributed by atoms with E-state index in [1.807, 2.05) is 31.2 Å². The molecule has 0 aromatic heterocycles. The van der Waals surface area contributed by atoms with E-state index in [0.29, 0.717) is 23.5 Å². The van der Waals surface area contributed by atoms with E-state index < -0.39 is 10.0 Å². The average molecular weight is 416 g/mol. The summed E-state index contributed by atoms with van der Waals surface area (Å²) in [6.45, 7) is 2.25. The molecule has 0 fully saturated rings. The highest BCUT2D eigenvalue weighted by atomic mass is 127. The largest absolute Gasteiger partial charge is 0.326 e. The number of nitrogens with one attached hydrogen (secondary N) is 1. The average Bonchev–Trinajstić information content (AvgIpc) is 2.46. The van der Waals surface area contributed by atoms with Crippen LogP contribution in [0.3, 0.4) is 0 Å². The molecule has 0 aliphatic heterocycles. The molecule has 4 nitrogen and oxygen atoms in total. The first-order chi connectivity index (χ1) is 9.96. The van der Waals surface area contributed by atoms with Crippen LogP contribution in [-0.2, 0) is 23.0 Å². The zero-order chi connectivity index (χ0) is 15.5. The van der Waals surface area contributed by atoms with E-state index in [-0.39, 0.29) is 0 Å². The molecule has 2 aromatic rings. The fraction of sp³-hybridized carbons (Fsp3) is 0.200. The van der Waals surface area contributed by atoms with Crippen molar-refractivity contribution in [2.75, 3.05) is 4.72 Å². The van der Waals surface area contributed by atoms with Crippen molar-refractivity contribution in [2.45, 2.75) is 24.8 Å². The van der Waals surface area contributed by atoms with Crippen LogP contribution in [-0.4, -0.2) is 8.42 Å². The zero-order valence-corrected chi connectivity index (χ0v) is 14.6. The minimum atomic E-state index is -3.61. The molecule has 0 saturated heterocycles. The topological polar surface area (TPSA) is 72.2 Å². The van der Waals surface area contributed by atoms with Crippen LogP contribution in [0.2, 0.25) is 0 Å². The third-order valence-electron chi connectivity index (χ3n) is 3.11. The third kappa shape index (κ3) is 3.96. The summed E-state index contributed by atoms with van der Waals surface area (Å²) >= 11 is 2.15. The SMILES string of the molecule is CCc1ccc(CN)cc1S(=O)(=O)Nc1cccc(I)c1. The van der Waals surface area contributed by atoms with Gasteiger partial charge in [0.15, 0.2) is 0 Å². The number of sulfonamides is 1. The molecule has 3 N–H and O–H groups in total. The van der Waals surface area contributed by atoms with E-state index >= 15 is 0 Å². The van der Waals surface area contributed by atoms with Crippen LogP contribution < -0.4 is 10.5 Å². The van der Waals surface area contributed by atoms with Gasteiger partial charge in [-0.2, -0.15) is 0 Å². The highest BCUT2D eigenvalue weighted by Gasteiger charge is 2.18. The number of hydrogen-bond donors (Lipinski definition) is 2. The molecule has 112 valence electrons. The van der Waals surface area contributed by atoms with Crippen LogP contribution in [0.15, 0.2) is 47.4 Å². The number of hydrogen-bond acceptors (Lipinski definition) is 3. The summed E-state index contributed by atoms with van der Waals surface area (Å²) in [6.07, 6.45) is 0.646. The second kappa shape index (κ2) is 6.76. The fourth-order valence-corrected chi connectivity index (χ4v) is 3.98. The first-order valence-electron chi connectivity index (χ1n) is 6.56. The summed E-state index contributed by atoms with van der Waals surface area (Å²) in [5, 5.41) is 0. The molecule has 0 heterocycles. The maximum atomic E-state index is 12.6. The lowest BCUT2D eigenvalue weighted by Crippen LogP contribution is -2.15. The van der Waals surface area contributed by atoms with Crippen LogP contribution >= 0.6 is 22.6 Å². The highest BCUT2D eigenvalue weighted by molar-refractivity contribution is 14.1. The second-order valence-electron chi connectivity index (χ2n) is 4.62. The predicted molar refractivity (Wildman–Crippen MR) is 93.7 cm³/mol. The lowest BCUT2D eigenvalue weighted by molar-refractivity contribution is 0.600. The number of rotatable bonds is 5. The Balaban J connectivity index is 2.43. The van der Waals surface area contributed by atoms with Crippen LogP contribution in [0.1, 0.15) is 18.1 Å². The Kier molecular flexibility index (Phi) is 5.23. The van der Waals surface area contributed by atoms with Gasteiger partial charge in [0, 0.05) is 15.8 Å². The standard InChI is InChI=1S/C15H17IN2O2S/c1-2-12-7-6-11(10-17)8-15(12)21(19,20)18-14-5-3-4-13(16)9-14/h3-9,18H,2,10,17H2,1H3. The summed E-state index contributed by atoms with van der Waals surface area (Å²) in [6, 6.07) is 12.6. The quantitative estimate of drug-likeness (QED) is 0.736. The van der Waals surface area contributed by atoms with Crippen molar-refractivity contribution < 1.29 is 8.42 Å². The summed E-state index contributed by atoms with van der Waals surface area (Å²) in [7, 11) is -3.61. The van der Waals surface area contributed by atoms with E-state index in [9.17, 15) is 8.42 Å². The van der Waals surface area contributed by atoms with Gasteiger partial charge in [-0.25, -0.2) is 8.42 Å². The maximum Gasteiger partial charge on any atom is 0.262 e. The van der Waals surface area contributed by atoms with E-state index in [4.69, 9.17) is 5.73 Å². The minimum absolute atomic E-state index is 0.298. The normalized spacial score (nSPS) is 11.4. The molecule has 6 heteroatoms. The van der Waals surface area contributed by atoms with Gasteiger partial charge in [-0.1, -0.05) is 25.1 Å². The lowest BCUT2D eigenvalue weighted by atomic mass is 10.1. The van der Waals surface area contributed by atoms with Crippen molar-refractivity contribution in [3.05, 3.63) is 57.2 Å². The number of nitrogens with two attached hydrogens (primary N) is 1. The molecule has 0 bridgehead atoms. The van der Waals surface area contributed by atoms with Gasteiger partial charge in [-0.05, 0) is 64.4 Å². The molecule has 0 atom stereocenters. The van der Waals surface area contributed by atoms with Crippen molar-refractivity contribution in [3.63, 3.8) is 0 Å². The predicted octanol–water partition coefficient (Wildman–Crippen LogP) is 3.11. The highest BCUT2D eigenvalue weighted by Crippen LogP contribution is 2.22. The van der Waals surface area contributed by atoms with Gasteiger partial charge >= 0.3 is 0 Å². The Morgan fingerprint density at radius 2 is 1.95 bits per heavy atom. The smallest absolute Gasteiger partial charge is 0.262 e.